The summed E-state index contributed by atoms with van der Waals surface area (Å²) in [7, 11) is 0. The van der Waals surface area contributed by atoms with Gasteiger partial charge in [-0.05, 0) is 42.3 Å². The SMILES string of the molecule is NCC(Cc1ccccc1Cl)c1ccc(Cl)cc1Cl. The average molecular weight is 315 g/mol. The summed E-state index contributed by atoms with van der Waals surface area (Å²) in [6.45, 7) is 0.507. The van der Waals surface area contributed by atoms with Crippen LogP contribution in [0.4, 0.5) is 0 Å². The Kier molecular flexibility index (Phi) is 5.12. The second-order valence-corrected chi connectivity index (χ2v) is 5.64. The fourth-order valence-corrected chi connectivity index (χ4v) is 2.86. The van der Waals surface area contributed by atoms with Crippen LogP contribution < -0.4 is 5.73 Å². The molecule has 0 saturated carbocycles. The minimum absolute atomic E-state index is 0.129. The van der Waals surface area contributed by atoms with E-state index in [0.717, 1.165) is 22.6 Å². The first-order chi connectivity index (χ1) is 9.11. The van der Waals surface area contributed by atoms with Gasteiger partial charge in [-0.3, -0.25) is 0 Å². The number of benzene rings is 2. The lowest BCUT2D eigenvalue weighted by Crippen LogP contribution is -2.15. The molecule has 2 rings (SSSR count). The highest BCUT2D eigenvalue weighted by atomic mass is 35.5. The molecule has 4 heteroatoms. The van der Waals surface area contributed by atoms with Gasteiger partial charge >= 0.3 is 0 Å². The Hall–Kier alpha value is -0.730. The lowest BCUT2D eigenvalue weighted by Gasteiger charge is -2.17. The smallest absolute Gasteiger partial charge is 0.0456 e. The maximum atomic E-state index is 6.24. The van der Waals surface area contributed by atoms with Gasteiger partial charge in [-0.15, -0.1) is 0 Å². The Morgan fingerprint density at radius 1 is 0.947 bits per heavy atom. The summed E-state index contributed by atoms with van der Waals surface area (Å²) in [5.41, 5.74) is 7.96. The number of hydrogen-bond acceptors (Lipinski definition) is 1. The van der Waals surface area contributed by atoms with Crippen LogP contribution in [0, 0.1) is 0 Å². The molecular formula is C15H14Cl3N. The molecule has 0 aliphatic heterocycles. The molecule has 1 unspecified atom stereocenters. The van der Waals surface area contributed by atoms with Crippen LogP contribution in [-0.4, -0.2) is 6.54 Å². The molecule has 1 nitrogen and oxygen atoms in total. The zero-order valence-electron chi connectivity index (χ0n) is 10.2. The van der Waals surface area contributed by atoms with E-state index in [0.29, 0.717) is 16.6 Å². The lowest BCUT2D eigenvalue weighted by atomic mass is 9.92. The van der Waals surface area contributed by atoms with E-state index in [9.17, 15) is 0 Å². The molecule has 0 aliphatic rings. The van der Waals surface area contributed by atoms with Crippen LogP contribution in [0.25, 0.3) is 0 Å². The third kappa shape index (κ3) is 3.64. The average Bonchev–Trinajstić information content (AvgIpc) is 2.39. The van der Waals surface area contributed by atoms with E-state index in [2.05, 4.69) is 0 Å². The van der Waals surface area contributed by atoms with Crippen molar-refractivity contribution in [2.45, 2.75) is 12.3 Å². The molecule has 0 saturated heterocycles. The van der Waals surface area contributed by atoms with Crippen molar-refractivity contribution in [1.82, 2.24) is 0 Å². The highest BCUT2D eigenvalue weighted by Gasteiger charge is 2.15. The summed E-state index contributed by atoms with van der Waals surface area (Å²) in [5.74, 6) is 0.129. The number of hydrogen-bond donors (Lipinski definition) is 1. The van der Waals surface area contributed by atoms with Gasteiger partial charge in [-0.2, -0.15) is 0 Å². The molecule has 0 spiro atoms. The molecule has 0 amide bonds. The molecule has 0 aromatic heterocycles. The van der Waals surface area contributed by atoms with Crippen molar-refractivity contribution in [3.63, 3.8) is 0 Å². The van der Waals surface area contributed by atoms with Gasteiger partial charge in [0.25, 0.3) is 0 Å². The fraction of sp³-hybridized carbons (Fsp3) is 0.200. The van der Waals surface area contributed by atoms with Gasteiger partial charge in [0.1, 0.15) is 0 Å². The molecule has 2 aromatic carbocycles. The molecule has 0 bridgehead atoms. The summed E-state index contributed by atoms with van der Waals surface area (Å²) in [6.07, 6.45) is 0.761. The first-order valence-electron chi connectivity index (χ1n) is 6.00. The molecule has 2 aromatic rings. The van der Waals surface area contributed by atoms with Crippen molar-refractivity contribution in [2.24, 2.45) is 5.73 Å². The highest BCUT2D eigenvalue weighted by Crippen LogP contribution is 2.30. The Morgan fingerprint density at radius 3 is 2.32 bits per heavy atom. The van der Waals surface area contributed by atoms with Crippen LogP contribution in [0.2, 0.25) is 15.1 Å². The second kappa shape index (κ2) is 6.62. The number of rotatable bonds is 4. The lowest BCUT2D eigenvalue weighted by molar-refractivity contribution is 0.695. The van der Waals surface area contributed by atoms with Gasteiger partial charge in [-0.1, -0.05) is 59.1 Å². The molecule has 0 radical (unpaired) electrons. The van der Waals surface area contributed by atoms with Crippen LogP contribution in [0.5, 0.6) is 0 Å². The predicted octanol–water partition coefficient (Wildman–Crippen LogP) is 4.93. The fourth-order valence-electron chi connectivity index (χ4n) is 2.08. The van der Waals surface area contributed by atoms with Crippen molar-refractivity contribution in [1.29, 1.82) is 0 Å². The minimum Gasteiger partial charge on any atom is -0.330 e. The van der Waals surface area contributed by atoms with Crippen molar-refractivity contribution in [3.05, 3.63) is 68.7 Å². The summed E-state index contributed by atoms with van der Waals surface area (Å²) in [5, 5.41) is 2.03. The molecule has 19 heavy (non-hydrogen) atoms. The van der Waals surface area contributed by atoms with Crippen LogP contribution >= 0.6 is 34.8 Å². The van der Waals surface area contributed by atoms with Gasteiger partial charge in [-0.25, -0.2) is 0 Å². The summed E-state index contributed by atoms with van der Waals surface area (Å²) >= 11 is 18.3. The predicted molar refractivity (Wildman–Crippen MR) is 83.4 cm³/mol. The molecule has 0 aliphatic carbocycles. The number of halogens is 3. The Bertz CT molecular complexity index is 569. The van der Waals surface area contributed by atoms with Gasteiger partial charge in [0.2, 0.25) is 0 Å². The van der Waals surface area contributed by atoms with E-state index >= 15 is 0 Å². The van der Waals surface area contributed by atoms with E-state index < -0.39 is 0 Å². The maximum Gasteiger partial charge on any atom is 0.0456 e. The van der Waals surface area contributed by atoms with E-state index in [1.165, 1.54) is 0 Å². The van der Waals surface area contributed by atoms with Gasteiger partial charge < -0.3 is 5.73 Å². The van der Waals surface area contributed by atoms with Gasteiger partial charge in [0.15, 0.2) is 0 Å². The highest BCUT2D eigenvalue weighted by molar-refractivity contribution is 6.35. The standard InChI is InChI=1S/C15H14Cl3N/c16-12-5-6-13(15(18)8-12)11(9-19)7-10-3-1-2-4-14(10)17/h1-6,8,11H,7,9,19H2. The Labute approximate surface area is 128 Å². The normalized spacial score (nSPS) is 12.4. The molecule has 1 atom stereocenters. The molecule has 0 fully saturated rings. The Balaban J connectivity index is 2.28. The van der Waals surface area contributed by atoms with Crippen LogP contribution in [-0.2, 0) is 6.42 Å². The van der Waals surface area contributed by atoms with Crippen molar-refractivity contribution in [3.8, 4) is 0 Å². The molecule has 0 heterocycles. The van der Waals surface area contributed by atoms with Crippen molar-refractivity contribution >= 4 is 34.8 Å². The first-order valence-corrected chi connectivity index (χ1v) is 7.13. The quantitative estimate of drug-likeness (QED) is 0.850. The molecule has 100 valence electrons. The minimum atomic E-state index is 0.129. The maximum absolute atomic E-state index is 6.24. The zero-order valence-corrected chi connectivity index (χ0v) is 12.5. The van der Waals surface area contributed by atoms with Crippen LogP contribution in [0.1, 0.15) is 17.0 Å². The van der Waals surface area contributed by atoms with Gasteiger partial charge in [0.05, 0.1) is 0 Å². The largest absolute Gasteiger partial charge is 0.330 e. The van der Waals surface area contributed by atoms with Crippen molar-refractivity contribution < 1.29 is 0 Å². The van der Waals surface area contributed by atoms with Crippen molar-refractivity contribution in [2.75, 3.05) is 6.54 Å². The second-order valence-electron chi connectivity index (χ2n) is 4.39. The summed E-state index contributed by atoms with van der Waals surface area (Å²) in [4.78, 5) is 0. The Morgan fingerprint density at radius 2 is 1.68 bits per heavy atom. The van der Waals surface area contributed by atoms with E-state index in [-0.39, 0.29) is 5.92 Å². The first kappa shape index (κ1) is 14.7. The van der Waals surface area contributed by atoms with E-state index in [1.807, 2.05) is 36.4 Å². The summed E-state index contributed by atoms with van der Waals surface area (Å²) in [6, 6.07) is 13.3. The van der Waals surface area contributed by atoms with E-state index in [1.54, 1.807) is 6.07 Å². The van der Waals surface area contributed by atoms with E-state index in [4.69, 9.17) is 40.5 Å². The van der Waals surface area contributed by atoms with Crippen LogP contribution in [0.3, 0.4) is 0 Å². The van der Waals surface area contributed by atoms with Crippen LogP contribution in [0.15, 0.2) is 42.5 Å². The summed E-state index contributed by atoms with van der Waals surface area (Å²) < 4.78 is 0. The zero-order chi connectivity index (χ0) is 13.8. The molecular weight excluding hydrogens is 301 g/mol. The monoisotopic (exact) mass is 313 g/mol. The number of nitrogens with two attached hydrogens (primary N) is 1. The third-order valence-corrected chi connectivity index (χ3v) is 4.04. The van der Waals surface area contributed by atoms with Gasteiger partial charge in [0, 0.05) is 21.0 Å². The topological polar surface area (TPSA) is 26.0 Å². The third-order valence-electron chi connectivity index (χ3n) is 3.11. The molecule has 2 N–H and O–H groups in total.